The zero-order valence-electron chi connectivity index (χ0n) is 15.1. The number of aryl methyl sites for hydroxylation is 3. The maximum absolute atomic E-state index is 6.41. The van der Waals surface area contributed by atoms with E-state index in [0.717, 1.165) is 12.2 Å². The molecule has 1 heteroatoms. The molecular weight excluding hydrogens is 280 g/mol. The first kappa shape index (κ1) is 16.1. The van der Waals surface area contributed by atoms with Crippen molar-refractivity contribution in [2.45, 2.75) is 65.9 Å². The van der Waals surface area contributed by atoms with Gasteiger partial charge in [0, 0.05) is 11.1 Å². The van der Waals surface area contributed by atoms with Gasteiger partial charge < -0.3 is 4.74 Å². The van der Waals surface area contributed by atoms with Gasteiger partial charge in [0.15, 0.2) is 0 Å². The van der Waals surface area contributed by atoms with E-state index in [2.05, 4.69) is 65.0 Å². The SMILES string of the molecule is CCCCCc1cc(C)c2c(c1)OC(C)(C)c1ccc(C)cc1-2. The number of fused-ring (bicyclic) bond motifs is 3. The lowest BCUT2D eigenvalue weighted by atomic mass is 9.83. The van der Waals surface area contributed by atoms with Crippen LogP contribution in [-0.4, -0.2) is 0 Å². The number of ether oxygens (including phenoxy) is 1. The Hall–Kier alpha value is -1.76. The average molecular weight is 308 g/mol. The van der Waals surface area contributed by atoms with Crippen LogP contribution in [0.15, 0.2) is 30.3 Å². The third kappa shape index (κ3) is 3.02. The van der Waals surface area contributed by atoms with Crippen molar-refractivity contribution in [1.29, 1.82) is 0 Å². The normalized spacial score (nSPS) is 14.8. The maximum Gasteiger partial charge on any atom is 0.129 e. The Balaban J connectivity index is 2.09. The molecule has 2 aromatic carbocycles. The maximum atomic E-state index is 6.41. The van der Waals surface area contributed by atoms with E-state index in [1.807, 2.05) is 0 Å². The van der Waals surface area contributed by atoms with Gasteiger partial charge in [0.1, 0.15) is 11.4 Å². The van der Waals surface area contributed by atoms with Crippen molar-refractivity contribution in [1.82, 2.24) is 0 Å². The second-order valence-corrected chi connectivity index (χ2v) is 7.40. The van der Waals surface area contributed by atoms with Gasteiger partial charge in [0.2, 0.25) is 0 Å². The highest BCUT2D eigenvalue weighted by atomic mass is 16.5. The fourth-order valence-corrected chi connectivity index (χ4v) is 3.70. The van der Waals surface area contributed by atoms with E-state index in [9.17, 15) is 0 Å². The molecule has 0 N–H and O–H groups in total. The van der Waals surface area contributed by atoms with Crippen LogP contribution in [-0.2, 0) is 12.0 Å². The summed E-state index contributed by atoms with van der Waals surface area (Å²) in [5.74, 6) is 1.06. The van der Waals surface area contributed by atoms with Crippen LogP contribution in [0.1, 0.15) is 62.3 Å². The highest BCUT2D eigenvalue weighted by Gasteiger charge is 2.33. The number of hydrogen-bond acceptors (Lipinski definition) is 1. The van der Waals surface area contributed by atoms with Crippen molar-refractivity contribution < 1.29 is 4.74 Å². The summed E-state index contributed by atoms with van der Waals surface area (Å²) in [5.41, 5.74) is 7.68. The highest BCUT2D eigenvalue weighted by molar-refractivity contribution is 5.80. The summed E-state index contributed by atoms with van der Waals surface area (Å²) in [7, 11) is 0. The van der Waals surface area contributed by atoms with Crippen LogP contribution in [0.3, 0.4) is 0 Å². The van der Waals surface area contributed by atoms with Crippen molar-refractivity contribution in [3.63, 3.8) is 0 Å². The molecule has 0 spiro atoms. The molecule has 1 nitrogen and oxygen atoms in total. The van der Waals surface area contributed by atoms with Crippen LogP contribution in [0.25, 0.3) is 11.1 Å². The molecule has 2 aromatic rings. The first-order chi connectivity index (χ1) is 10.9. The van der Waals surface area contributed by atoms with Gasteiger partial charge in [-0.05, 0) is 63.3 Å². The van der Waals surface area contributed by atoms with Crippen LogP contribution in [0.5, 0.6) is 5.75 Å². The van der Waals surface area contributed by atoms with E-state index < -0.39 is 0 Å². The van der Waals surface area contributed by atoms with Gasteiger partial charge in [-0.2, -0.15) is 0 Å². The molecule has 0 unspecified atom stereocenters. The largest absolute Gasteiger partial charge is 0.482 e. The van der Waals surface area contributed by atoms with Crippen molar-refractivity contribution in [2.24, 2.45) is 0 Å². The van der Waals surface area contributed by atoms with Gasteiger partial charge in [0.05, 0.1) is 0 Å². The predicted octanol–water partition coefficient (Wildman–Crippen LogP) is 6.33. The summed E-state index contributed by atoms with van der Waals surface area (Å²) in [6.07, 6.45) is 4.96. The molecule has 0 aromatic heterocycles. The number of hydrogen-bond donors (Lipinski definition) is 0. The molecule has 0 fully saturated rings. The quantitative estimate of drug-likeness (QED) is 0.600. The second-order valence-electron chi connectivity index (χ2n) is 7.40. The lowest BCUT2D eigenvalue weighted by molar-refractivity contribution is 0.105. The van der Waals surface area contributed by atoms with Gasteiger partial charge in [0.25, 0.3) is 0 Å². The van der Waals surface area contributed by atoms with E-state index >= 15 is 0 Å². The molecule has 1 aliphatic heterocycles. The summed E-state index contributed by atoms with van der Waals surface area (Å²) in [4.78, 5) is 0. The molecule has 0 atom stereocenters. The Kier molecular flexibility index (Phi) is 4.23. The highest BCUT2D eigenvalue weighted by Crippen LogP contribution is 2.47. The average Bonchev–Trinajstić information content (AvgIpc) is 2.46. The van der Waals surface area contributed by atoms with Crippen molar-refractivity contribution in [3.8, 4) is 16.9 Å². The van der Waals surface area contributed by atoms with Crippen LogP contribution in [0.4, 0.5) is 0 Å². The zero-order valence-corrected chi connectivity index (χ0v) is 15.1. The standard InChI is InChI=1S/C22H28O/c1-6-7-8-9-17-13-16(3)21-18-12-15(2)10-11-19(18)22(4,5)23-20(21)14-17/h10-14H,6-9H2,1-5H3. The van der Waals surface area contributed by atoms with E-state index in [0.29, 0.717) is 0 Å². The van der Waals surface area contributed by atoms with Crippen molar-refractivity contribution in [3.05, 3.63) is 52.6 Å². The van der Waals surface area contributed by atoms with Crippen LogP contribution in [0.2, 0.25) is 0 Å². The number of unbranched alkanes of at least 4 members (excludes halogenated alkanes) is 2. The van der Waals surface area contributed by atoms with E-state index in [4.69, 9.17) is 4.74 Å². The van der Waals surface area contributed by atoms with Gasteiger partial charge in [-0.3, -0.25) is 0 Å². The molecule has 3 rings (SSSR count). The van der Waals surface area contributed by atoms with Gasteiger partial charge in [-0.25, -0.2) is 0 Å². The van der Waals surface area contributed by atoms with Gasteiger partial charge in [-0.15, -0.1) is 0 Å². The molecule has 23 heavy (non-hydrogen) atoms. The third-order valence-corrected chi connectivity index (χ3v) is 4.89. The Labute approximate surface area is 140 Å². The Morgan fingerprint density at radius 1 is 1.00 bits per heavy atom. The molecule has 122 valence electrons. The molecule has 0 saturated carbocycles. The molecule has 0 radical (unpaired) electrons. The second kappa shape index (κ2) is 6.03. The van der Waals surface area contributed by atoms with E-state index in [1.54, 1.807) is 0 Å². The molecule has 1 heterocycles. The van der Waals surface area contributed by atoms with Crippen LogP contribution in [0, 0.1) is 13.8 Å². The molecule has 0 saturated heterocycles. The third-order valence-electron chi connectivity index (χ3n) is 4.89. The topological polar surface area (TPSA) is 9.23 Å². The van der Waals surface area contributed by atoms with Crippen molar-refractivity contribution >= 4 is 0 Å². The fraction of sp³-hybridized carbons (Fsp3) is 0.455. The monoisotopic (exact) mass is 308 g/mol. The van der Waals surface area contributed by atoms with Crippen LogP contribution >= 0.6 is 0 Å². The predicted molar refractivity (Wildman–Crippen MR) is 98.2 cm³/mol. The Bertz CT molecular complexity index is 725. The first-order valence-corrected chi connectivity index (χ1v) is 8.86. The Morgan fingerprint density at radius 2 is 1.78 bits per heavy atom. The zero-order chi connectivity index (χ0) is 16.6. The van der Waals surface area contributed by atoms with Crippen LogP contribution < -0.4 is 4.74 Å². The van der Waals surface area contributed by atoms with Gasteiger partial charge >= 0.3 is 0 Å². The van der Waals surface area contributed by atoms with E-state index in [1.165, 1.54) is 52.6 Å². The summed E-state index contributed by atoms with van der Waals surface area (Å²) in [6.45, 7) is 11.0. The lowest BCUT2D eigenvalue weighted by Crippen LogP contribution is -2.29. The lowest BCUT2D eigenvalue weighted by Gasteiger charge is -2.36. The number of benzene rings is 2. The van der Waals surface area contributed by atoms with Crippen molar-refractivity contribution in [2.75, 3.05) is 0 Å². The van der Waals surface area contributed by atoms with E-state index in [-0.39, 0.29) is 5.60 Å². The minimum Gasteiger partial charge on any atom is -0.482 e. The molecule has 0 bridgehead atoms. The molecule has 1 aliphatic rings. The van der Waals surface area contributed by atoms with Gasteiger partial charge in [-0.1, -0.05) is 49.6 Å². The fourth-order valence-electron chi connectivity index (χ4n) is 3.70. The summed E-state index contributed by atoms with van der Waals surface area (Å²) < 4.78 is 6.41. The summed E-state index contributed by atoms with van der Waals surface area (Å²) in [5, 5.41) is 0. The number of rotatable bonds is 4. The minimum atomic E-state index is -0.273. The summed E-state index contributed by atoms with van der Waals surface area (Å²) in [6, 6.07) is 11.3. The molecular formula is C22H28O. The Morgan fingerprint density at radius 3 is 2.52 bits per heavy atom. The smallest absolute Gasteiger partial charge is 0.129 e. The molecule has 0 amide bonds. The summed E-state index contributed by atoms with van der Waals surface area (Å²) >= 11 is 0. The molecule has 0 aliphatic carbocycles. The minimum absolute atomic E-state index is 0.273. The first-order valence-electron chi connectivity index (χ1n) is 8.86.